The van der Waals surface area contributed by atoms with E-state index in [2.05, 4.69) is 16.2 Å². The molecule has 0 aliphatic rings. The summed E-state index contributed by atoms with van der Waals surface area (Å²) in [7, 11) is 2.91. The van der Waals surface area contributed by atoms with Gasteiger partial charge in [-0.05, 0) is 0 Å². The molecular formula is C9H11AsNO5. The van der Waals surface area contributed by atoms with Crippen LogP contribution in [-0.4, -0.2) is 29.3 Å². The summed E-state index contributed by atoms with van der Waals surface area (Å²) in [5, 5.41) is 11.7. The van der Waals surface area contributed by atoms with E-state index in [4.69, 9.17) is 0 Å². The van der Waals surface area contributed by atoms with Crippen LogP contribution in [0.15, 0.2) is 18.2 Å². The van der Waals surface area contributed by atoms with Gasteiger partial charge in [0, 0.05) is 0 Å². The molecule has 1 atom stereocenters. The van der Waals surface area contributed by atoms with Crippen LogP contribution < -0.4 is 9.67 Å². The van der Waals surface area contributed by atoms with Crippen LogP contribution in [0.3, 0.4) is 0 Å². The van der Waals surface area contributed by atoms with Crippen LogP contribution in [0, 0.1) is 7.11 Å². The Hall–Kier alpha value is -1.23. The van der Waals surface area contributed by atoms with Crippen molar-refractivity contribution in [1.29, 1.82) is 0 Å². The summed E-state index contributed by atoms with van der Waals surface area (Å²) in [6.07, 6.45) is 0. The molecule has 0 fully saturated rings. The first kappa shape index (κ1) is 12.8. The van der Waals surface area contributed by atoms with E-state index < -0.39 is 20.1 Å². The number of aromatic hydroxyl groups is 1. The van der Waals surface area contributed by atoms with Gasteiger partial charge in [0.25, 0.3) is 0 Å². The summed E-state index contributed by atoms with van der Waals surface area (Å²) >= 11 is -4.63. The number of nitrogens with one attached hydrogen (secondary N) is 1. The quantitative estimate of drug-likeness (QED) is 0.525. The molecule has 0 heterocycles. The minimum atomic E-state index is -4.63. The first-order valence-electron chi connectivity index (χ1n) is 4.24. The van der Waals surface area contributed by atoms with Crippen LogP contribution in [0.1, 0.15) is 6.92 Å². The third kappa shape index (κ3) is 2.88. The van der Waals surface area contributed by atoms with Crippen LogP contribution in [0.4, 0.5) is 5.69 Å². The summed E-state index contributed by atoms with van der Waals surface area (Å²) in [6, 6.07) is 3.62. The molecule has 1 aromatic rings. The Balaban J connectivity index is 3.17. The number of carbonyl (C=O) groups is 1. The maximum absolute atomic E-state index is 11.5. The number of amides is 1. The average Bonchev–Trinajstić information content (AvgIpc) is 2.20. The van der Waals surface area contributed by atoms with E-state index in [1.54, 1.807) is 0 Å². The second kappa shape index (κ2) is 4.74. The third-order valence-electron chi connectivity index (χ3n) is 1.79. The second-order valence-electron chi connectivity index (χ2n) is 3.03. The summed E-state index contributed by atoms with van der Waals surface area (Å²) in [5.74, 6) is -0.596. The fourth-order valence-corrected chi connectivity index (χ4v) is 2.54. The Bertz CT molecular complexity index is 459. The monoisotopic (exact) mass is 288 g/mol. The average molecular weight is 288 g/mol. The van der Waals surface area contributed by atoms with Crippen LogP contribution in [0.2, 0.25) is 0 Å². The van der Waals surface area contributed by atoms with E-state index in [0.717, 1.165) is 0 Å². The van der Waals surface area contributed by atoms with Gasteiger partial charge in [0.15, 0.2) is 0 Å². The maximum atomic E-state index is 11.5. The fraction of sp³-hybridized carbons (Fsp3) is 0.111. The van der Waals surface area contributed by atoms with Crippen molar-refractivity contribution in [2.75, 3.05) is 5.32 Å². The molecule has 0 bridgehead atoms. The van der Waals surface area contributed by atoms with Crippen molar-refractivity contribution >= 4 is 30.1 Å². The summed E-state index contributed by atoms with van der Waals surface area (Å²) in [6.45, 7) is 1.26. The summed E-state index contributed by atoms with van der Waals surface area (Å²) in [5.41, 5.74) is 0.0535. The Morgan fingerprint density at radius 3 is 2.69 bits per heavy atom. The van der Waals surface area contributed by atoms with Gasteiger partial charge in [-0.2, -0.15) is 0 Å². The Morgan fingerprint density at radius 1 is 1.56 bits per heavy atom. The van der Waals surface area contributed by atoms with Gasteiger partial charge in [-0.3, -0.25) is 0 Å². The number of hydrogen-bond acceptors (Lipinski definition) is 4. The van der Waals surface area contributed by atoms with E-state index in [9.17, 15) is 17.7 Å². The van der Waals surface area contributed by atoms with Crippen molar-refractivity contribution in [3.8, 4) is 5.75 Å². The molecule has 1 radical (unpaired) electrons. The Labute approximate surface area is 95.2 Å². The van der Waals surface area contributed by atoms with E-state index in [0.29, 0.717) is 0 Å². The number of anilines is 1. The van der Waals surface area contributed by atoms with Gasteiger partial charge in [-0.1, -0.05) is 0 Å². The zero-order valence-corrected chi connectivity index (χ0v) is 10.4. The van der Waals surface area contributed by atoms with Gasteiger partial charge in [0.1, 0.15) is 0 Å². The zero-order chi connectivity index (χ0) is 12.3. The van der Waals surface area contributed by atoms with Gasteiger partial charge in [0.05, 0.1) is 0 Å². The topological polar surface area (TPSA) is 95.9 Å². The van der Waals surface area contributed by atoms with Gasteiger partial charge in [-0.15, -0.1) is 0 Å². The number of phenols is 1. The predicted molar refractivity (Wildman–Crippen MR) is 57.1 cm³/mol. The molecule has 0 aromatic heterocycles. The van der Waals surface area contributed by atoms with E-state index >= 15 is 0 Å². The molecule has 1 aromatic carbocycles. The minimum absolute atomic E-state index is 0.00493. The van der Waals surface area contributed by atoms with Crippen molar-refractivity contribution in [1.82, 2.24) is 0 Å². The molecule has 1 rings (SSSR count). The standard InChI is InChI=1S/C9H11AsNO5/c1-6(12)11-8-5-7(3-4-9(8)13)10(14,15)16-2/h3-5,13H,2H2,1H3,(H,11,12)(H,14,15). The molecule has 0 aliphatic carbocycles. The molecule has 87 valence electrons. The molecule has 0 saturated carbocycles. The molecular weight excluding hydrogens is 277 g/mol. The number of rotatable bonds is 3. The van der Waals surface area contributed by atoms with Crippen LogP contribution >= 0.6 is 0 Å². The Kier molecular flexibility index (Phi) is 3.80. The van der Waals surface area contributed by atoms with Gasteiger partial charge < -0.3 is 0 Å². The fourth-order valence-electron chi connectivity index (χ4n) is 1.06. The van der Waals surface area contributed by atoms with Gasteiger partial charge in [-0.25, -0.2) is 0 Å². The first-order chi connectivity index (χ1) is 7.36. The molecule has 0 saturated heterocycles. The van der Waals surface area contributed by atoms with Gasteiger partial charge >= 0.3 is 94.9 Å². The van der Waals surface area contributed by atoms with Crippen molar-refractivity contribution in [2.24, 2.45) is 0 Å². The van der Waals surface area contributed by atoms with E-state index in [-0.39, 0.29) is 15.8 Å². The van der Waals surface area contributed by atoms with E-state index in [1.165, 1.54) is 25.1 Å². The third-order valence-corrected chi connectivity index (χ3v) is 4.48. The second-order valence-corrected chi connectivity index (χ2v) is 6.84. The van der Waals surface area contributed by atoms with Crippen molar-refractivity contribution in [3.05, 3.63) is 25.3 Å². The van der Waals surface area contributed by atoms with E-state index in [1.807, 2.05) is 0 Å². The molecule has 1 unspecified atom stereocenters. The zero-order valence-electron chi connectivity index (χ0n) is 8.51. The molecule has 3 N–H and O–H groups in total. The van der Waals surface area contributed by atoms with Crippen molar-refractivity contribution in [2.45, 2.75) is 6.92 Å². The molecule has 0 aliphatic heterocycles. The molecule has 1 amide bonds. The predicted octanol–water partition coefficient (Wildman–Crippen LogP) is -0.273. The van der Waals surface area contributed by atoms with Crippen LogP contribution in [-0.2, 0) is 12.3 Å². The van der Waals surface area contributed by atoms with Crippen LogP contribution in [0.5, 0.6) is 5.75 Å². The van der Waals surface area contributed by atoms with Crippen molar-refractivity contribution in [3.63, 3.8) is 0 Å². The number of hydrogen-bond donors (Lipinski definition) is 3. The first-order valence-corrected chi connectivity index (χ1v) is 7.55. The van der Waals surface area contributed by atoms with Gasteiger partial charge in [0.2, 0.25) is 0 Å². The SMILES string of the molecule is [CH2]O[As](=O)(O)c1ccc(O)c(NC(C)=O)c1. The number of phenolic OH excluding ortho intramolecular Hbond substituents is 1. The van der Waals surface area contributed by atoms with Crippen molar-refractivity contribution < 1.29 is 21.5 Å². The number of benzene rings is 1. The normalized spacial score (nSPS) is 14.2. The Morgan fingerprint density at radius 2 is 2.19 bits per heavy atom. The molecule has 0 spiro atoms. The molecule has 16 heavy (non-hydrogen) atoms. The number of carbonyl (C=O) groups excluding carboxylic acids is 1. The summed E-state index contributed by atoms with van der Waals surface area (Å²) in [4.78, 5) is 10.8. The molecule has 7 heteroatoms. The summed E-state index contributed by atoms with van der Waals surface area (Å²) < 4.78 is 25.1. The molecule has 6 nitrogen and oxygen atoms in total. The van der Waals surface area contributed by atoms with Crippen LogP contribution in [0.25, 0.3) is 0 Å².